The summed E-state index contributed by atoms with van der Waals surface area (Å²) in [7, 11) is 1.23. The highest BCUT2D eigenvalue weighted by Gasteiger charge is 2.24. The lowest BCUT2D eigenvalue weighted by Gasteiger charge is -2.13. The van der Waals surface area contributed by atoms with Crippen LogP contribution < -0.4 is 5.73 Å². The lowest BCUT2D eigenvalue weighted by Crippen LogP contribution is -2.14. The van der Waals surface area contributed by atoms with Gasteiger partial charge in [0.1, 0.15) is 6.07 Å². The van der Waals surface area contributed by atoms with Crippen molar-refractivity contribution in [1.29, 1.82) is 5.26 Å². The van der Waals surface area contributed by atoms with Gasteiger partial charge in [-0.25, -0.2) is 4.79 Å². The molecule has 0 unspecified atom stereocenters. The topological polar surface area (TPSA) is 98.1 Å². The molecule has 0 aliphatic rings. The molecule has 2 N–H and O–H groups in total. The average Bonchev–Trinajstić information content (AvgIpc) is 3.03. The summed E-state index contributed by atoms with van der Waals surface area (Å²) in [5, 5.41) is 9.25. The molecule has 0 bridgehead atoms. The summed E-state index contributed by atoms with van der Waals surface area (Å²) in [6.07, 6.45) is 1.43. The maximum absolute atomic E-state index is 12.9. The molecule has 3 rings (SSSR count). The van der Waals surface area contributed by atoms with Crippen molar-refractivity contribution < 1.29 is 14.3 Å². The number of esters is 1. The van der Waals surface area contributed by atoms with Gasteiger partial charge in [-0.05, 0) is 12.1 Å². The van der Waals surface area contributed by atoms with Crippen molar-refractivity contribution >= 4 is 17.4 Å². The van der Waals surface area contributed by atoms with Crippen LogP contribution in [0.4, 0.5) is 5.69 Å². The number of para-hydroxylation sites is 1. The number of ketones is 1. The smallest absolute Gasteiger partial charge is 0.357 e. The molecule has 0 spiro atoms. The third kappa shape index (κ3) is 2.82. The minimum absolute atomic E-state index is 0.0114. The fraction of sp³-hybridized carbons (Fsp3) is 0.0500. The Hall–Kier alpha value is -3.85. The molecule has 0 atom stereocenters. The summed E-state index contributed by atoms with van der Waals surface area (Å²) in [5.74, 6) is -0.895. The van der Waals surface area contributed by atoms with Gasteiger partial charge in [-0.15, -0.1) is 0 Å². The van der Waals surface area contributed by atoms with Crippen LogP contribution in [-0.2, 0) is 4.74 Å². The number of benzene rings is 2. The molecule has 26 heavy (non-hydrogen) atoms. The zero-order valence-corrected chi connectivity index (χ0v) is 14.0. The first-order chi connectivity index (χ1) is 12.6. The maximum atomic E-state index is 12.9. The van der Waals surface area contributed by atoms with Gasteiger partial charge in [0.15, 0.2) is 11.5 Å². The molecule has 0 aliphatic heterocycles. The van der Waals surface area contributed by atoms with Gasteiger partial charge >= 0.3 is 5.97 Å². The zero-order chi connectivity index (χ0) is 18.7. The van der Waals surface area contributed by atoms with E-state index >= 15 is 0 Å². The number of hydrogen-bond acceptors (Lipinski definition) is 5. The van der Waals surface area contributed by atoms with Gasteiger partial charge < -0.3 is 15.0 Å². The lowest BCUT2D eigenvalue weighted by molar-refractivity contribution is 0.0592. The number of carbonyl (C=O) groups is 2. The van der Waals surface area contributed by atoms with Gasteiger partial charge in [0.25, 0.3) is 0 Å². The van der Waals surface area contributed by atoms with E-state index in [9.17, 15) is 14.9 Å². The van der Waals surface area contributed by atoms with Crippen LogP contribution in [0.15, 0.2) is 60.8 Å². The molecule has 6 heteroatoms. The van der Waals surface area contributed by atoms with Crippen molar-refractivity contribution in [1.82, 2.24) is 4.57 Å². The zero-order valence-electron chi connectivity index (χ0n) is 14.0. The van der Waals surface area contributed by atoms with Gasteiger partial charge in [0.2, 0.25) is 0 Å². The Balaban J connectivity index is 2.23. The molecule has 0 saturated carbocycles. The van der Waals surface area contributed by atoms with Gasteiger partial charge in [-0.1, -0.05) is 42.5 Å². The van der Waals surface area contributed by atoms with E-state index in [1.165, 1.54) is 17.9 Å². The molecule has 1 heterocycles. The Morgan fingerprint density at radius 2 is 1.73 bits per heavy atom. The second-order valence-electron chi connectivity index (χ2n) is 5.49. The van der Waals surface area contributed by atoms with Crippen LogP contribution in [0.2, 0.25) is 0 Å². The van der Waals surface area contributed by atoms with E-state index in [2.05, 4.69) is 0 Å². The standard InChI is InChI=1S/C20H15N3O3/c1-26-20(25)18-17(22)14(11-21)12-23(18)16-10-6-5-9-15(16)19(24)13-7-3-2-4-8-13/h2-10,12H,22H2,1H3. The number of nitrogen functional groups attached to an aromatic ring is 1. The van der Waals surface area contributed by atoms with Crippen molar-refractivity contribution in [3.05, 3.63) is 83.2 Å². The predicted molar refractivity (Wildman–Crippen MR) is 96.1 cm³/mol. The number of anilines is 1. The third-order valence-electron chi connectivity index (χ3n) is 3.99. The van der Waals surface area contributed by atoms with E-state index in [1.54, 1.807) is 48.5 Å². The molecule has 0 saturated heterocycles. The van der Waals surface area contributed by atoms with Crippen LogP contribution in [0.5, 0.6) is 0 Å². The Morgan fingerprint density at radius 3 is 2.38 bits per heavy atom. The minimum Gasteiger partial charge on any atom is -0.464 e. The van der Waals surface area contributed by atoms with E-state index in [1.807, 2.05) is 12.1 Å². The second-order valence-corrected chi connectivity index (χ2v) is 5.49. The molecule has 2 aromatic carbocycles. The quantitative estimate of drug-likeness (QED) is 0.579. The monoisotopic (exact) mass is 345 g/mol. The van der Waals surface area contributed by atoms with E-state index in [0.29, 0.717) is 16.8 Å². The molecule has 0 fully saturated rings. The van der Waals surface area contributed by atoms with Gasteiger partial charge in [-0.3, -0.25) is 4.79 Å². The largest absolute Gasteiger partial charge is 0.464 e. The molecule has 128 valence electrons. The molecular formula is C20H15N3O3. The summed E-state index contributed by atoms with van der Waals surface area (Å²) in [6, 6.07) is 17.6. The number of nitrogens with two attached hydrogens (primary N) is 1. The van der Waals surface area contributed by atoms with Crippen LogP contribution >= 0.6 is 0 Å². The first kappa shape index (κ1) is 17.0. The number of carbonyl (C=O) groups excluding carboxylic acids is 2. The lowest BCUT2D eigenvalue weighted by atomic mass is 10.0. The number of rotatable bonds is 4. The Bertz CT molecular complexity index is 1030. The van der Waals surface area contributed by atoms with Gasteiger partial charge in [0, 0.05) is 17.3 Å². The van der Waals surface area contributed by atoms with Crippen molar-refractivity contribution in [2.24, 2.45) is 0 Å². The molecule has 6 nitrogen and oxygen atoms in total. The molecule has 3 aromatic rings. The van der Waals surface area contributed by atoms with E-state index in [4.69, 9.17) is 10.5 Å². The predicted octanol–water partition coefficient (Wildman–Crippen LogP) is 2.95. The fourth-order valence-corrected chi connectivity index (χ4v) is 2.73. The van der Waals surface area contributed by atoms with E-state index in [-0.39, 0.29) is 22.7 Å². The van der Waals surface area contributed by atoms with Gasteiger partial charge in [0.05, 0.1) is 24.0 Å². The van der Waals surface area contributed by atoms with Crippen LogP contribution in [0, 0.1) is 11.3 Å². The van der Waals surface area contributed by atoms with Crippen molar-refractivity contribution in [2.45, 2.75) is 0 Å². The molecular weight excluding hydrogens is 330 g/mol. The van der Waals surface area contributed by atoms with Crippen molar-refractivity contribution in [3.8, 4) is 11.8 Å². The summed E-state index contributed by atoms with van der Waals surface area (Å²) in [6.45, 7) is 0. The number of aromatic nitrogens is 1. The average molecular weight is 345 g/mol. The fourth-order valence-electron chi connectivity index (χ4n) is 2.73. The Kier molecular flexibility index (Phi) is 4.54. The number of methoxy groups -OCH3 is 1. The van der Waals surface area contributed by atoms with E-state index in [0.717, 1.165) is 0 Å². The summed E-state index contributed by atoms with van der Waals surface area (Å²) < 4.78 is 6.21. The normalized spacial score (nSPS) is 10.2. The molecule has 0 aliphatic carbocycles. The maximum Gasteiger partial charge on any atom is 0.357 e. The number of nitriles is 1. The first-order valence-electron chi connectivity index (χ1n) is 7.77. The van der Waals surface area contributed by atoms with E-state index < -0.39 is 5.97 Å². The third-order valence-corrected chi connectivity index (χ3v) is 3.99. The number of hydrogen-bond donors (Lipinski definition) is 1. The molecule has 1 aromatic heterocycles. The first-order valence-corrected chi connectivity index (χ1v) is 7.77. The SMILES string of the molecule is COC(=O)c1c(N)c(C#N)cn1-c1ccccc1C(=O)c1ccccc1. The molecule has 0 amide bonds. The molecule has 0 radical (unpaired) electrons. The number of ether oxygens (including phenoxy) is 1. The van der Waals surface area contributed by atoms with Crippen molar-refractivity contribution in [2.75, 3.05) is 12.8 Å². The minimum atomic E-state index is -0.689. The van der Waals surface area contributed by atoms with Gasteiger partial charge in [-0.2, -0.15) is 5.26 Å². The Labute approximate surface area is 150 Å². The summed E-state index contributed by atoms with van der Waals surface area (Å²) in [5.41, 5.74) is 7.43. The van der Waals surface area contributed by atoms with Crippen molar-refractivity contribution in [3.63, 3.8) is 0 Å². The second kappa shape index (κ2) is 6.95. The highest BCUT2D eigenvalue weighted by atomic mass is 16.5. The van der Waals surface area contributed by atoms with Crippen LogP contribution in [0.1, 0.15) is 32.0 Å². The summed E-state index contributed by atoms with van der Waals surface area (Å²) >= 11 is 0. The van der Waals surface area contributed by atoms with Crippen LogP contribution in [-0.4, -0.2) is 23.4 Å². The van der Waals surface area contributed by atoms with Crippen LogP contribution in [0.25, 0.3) is 5.69 Å². The Morgan fingerprint density at radius 1 is 1.08 bits per heavy atom. The highest BCUT2D eigenvalue weighted by Crippen LogP contribution is 2.27. The summed E-state index contributed by atoms with van der Waals surface area (Å²) in [4.78, 5) is 25.1. The number of nitrogens with zero attached hydrogens (tertiary/aromatic N) is 2. The van der Waals surface area contributed by atoms with Crippen LogP contribution in [0.3, 0.4) is 0 Å². The highest BCUT2D eigenvalue weighted by molar-refractivity contribution is 6.11.